The first-order valence-electron chi connectivity index (χ1n) is 7.15. The number of nitrogens with zero attached hydrogens (tertiary/aromatic N) is 2. The Morgan fingerprint density at radius 1 is 1.04 bits per heavy atom. The number of benzene rings is 2. The van der Waals surface area contributed by atoms with E-state index in [1.807, 2.05) is 37.3 Å². The molecule has 0 aliphatic rings. The van der Waals surface area contributed by atoms with Gasteiger partial charge in [-0.05, 0) is 36.4 Å². The van der Waals surface area contributed by atoms with Gasteiger partial charge < -0.3 is 9.15 Å². The van der Waals surface area contributed by atoms with Crippen LogP contribution in [0.25, 0.3) is 11.5 Å². The summed E-state index contributed by atoms with van der Waals surface area (Å²) < 4.78 is 11.3. The first-order valence-corrected chi connectivity index (χ1v) is 7.91. The van der Waals surface area contributed by atoms with Crippen molar-refractivity contribution in [3.8, 4) is 17.2 Å². The highest BCUT2D eigenvalue weighted by atomic mass is 35.5. The molecule has 6 heteroatoms. The molecular weight excluding hydrogens is 335 g/mol. The molecule has 0 N–H and O–H groups in total. The number of rotatable bonds is 5. The maximum atomic E-state index is 6.13. The minimum Gasteiger partial charge on any atom is -0.489 e. The number of halogens is 2. The van der Waals surface area contributed by atoms with Crippen molar-refractivity contribution in [3.63, 3.8) is 0 Å². The molecule has 0 saturated carbocycles. The highest BCUT2D eigenvalue weighted by Crippen LogP contribution is 2.24. The van der Waals surface area contributed by atoms with Gasteiger partial charge in [-0.1, -0.05) is 36.2 Å². The number of ether oxygens (including phenoxy) is 1. The van der Waals surface area contributed by atoms with E-state index in [0.717, 1.165) is 23.3 Å². The molecule has 1 aromatic heterocycles. The average Bonchev–Trinajstić information content (AvgIpc) is 3.04. The summed E-state index contributed by atoms with van der Waals surface area (Å²) in [5, 5.41) is 9.16. The van der Waals surface area contributed by atoms with Crippen LogP contribution in [0.1, 0.15) is 18.4 Å². The first kappa shape index (κ1) is 15.8. The largest absolute Gasteiger partial charge is 0.489 e. The Morgan fingerprint density at radius 2 is 1.83 bits per heavy atom. The second-order valence-electron chi connectivity index (χ2n) is 4.90. The van der Waals surface area contributed by atoms with E-state index < -0.39 is 0 Å². The van der Waals surface area contributed by atoms with Gasteiger partial charge in [0.1, 0.15) is 12.4 Å². The Kier molecular flexibility index (Phi) is 4.84. The van der Waals surface area contributed by atoms with Gasteiger partial charge in [-0.3, -0.25) is 0 Å². The van der Waals surface area contributed by atoms with Crippen molar-refractivity contribution in [2.45, 2.75) is 20.0 Å². The molecule has 0 saturated heterocycles. The van der Waals surface area contributed by atoms with E-state index in [-0.39, 0.29) is 0 Å². The number of hydrogen-bond donors (Lipinski definition) is 0. The molecule has 0 bridgehead atoms. The zero-order valence-corrected chi connectivity index (χ0v) is 13.9. The smallest absolute Gasteiger partial charge is 0.247 e. The summed E-state index contributed by atoms with van der Waals surface area (Å²) in [5.41, 5.74) is 1.73. The highest BCUT2D eigenvalue weighted by molar-refractivity contribution is 6.35. The van der Waals surface area contributed by atoms with Crippen molar-refractivity contribution in [1.29, 1.82) is 0 Å². The number of aryl methyl sites for hydroxylation is 1. The molecular formula is C17H14Cl2N2O2. The summed E-state index contributed by atoms with van der Waals surface area (Å²) in [6.45, 7) is 2.34. The molecule has 4 nitrogen and oxygen atoms in total. The Morgan fingerprint density at radius 3 is 2.48 bits per heavy atom. The lowest BCUT2D eigenvalue weighted by Crippen LogP contribution is -1.96. The Labute approximate surface area is 144 Å². The van der Waals surface area contributed by atoms with Crippen LogP contribution >= 0.6 is 23.2 Å². The van der Waals surface area contributed by atoms with Crippen LogP contribution in [0.5, 0.6) is 5.75 Å². The summed E-state index contributed by atoms with van der Waals surface area (Å²) in [4.78, 5) is 0. The molecule has 0 atom stereocenters. The minimum absolute atomic E-state index is 0.371. The monoisotopic (exact) mass is 348 g/mol. The zero-order chi connectivity index (χ0) is 16.2. The van der Waals surface area contributed by atoms with Gasteiger partial charge in [0.25, 0.3) is 0 Å². The molecule has 0 amide bonds. The lowest BCUT2D eigenvalue weighted by molar-refractivity contribution is 0.306. The van der Waals surface area contributed by atoms with Crippen molar-refractivity contribution < 1.29 is 9.15 Å². The van der Waals surface area contributed by atoms with Crippen molar-refractivity contribution in [2.75, 3.05) is 0 Å². The minimum atomic E-state index is 0.371. The van der Waals surface area contributed by atoms with Gasteiger partial charge in [-0.15, -0.1) is 10.2 Å². The van der Waals surface area contributed by atoms with Crippen LogP contribution in [0, 0.1) is 0 Å². The molecule has 23 heavy (non-hydrogen) atoms. The molecule has 0 aliphatic heterocycles. The van der Waals surface area contributed by atoms with Crippen LogP contribution in [0.3, 0.4) is 0 Å². The van der Waals surface area contributed by atoms with Crippen LogP contribution in [-0.4, -0.2) is 10.2 Å². The fourth-order valence-electron chi connectivity index (χ4n) is 2.01. The van der Waals surface area contributed by atoms with E-state index in [1.165, 1.54) is 0 Å². The fourth-order valence-corrected chi connectivity index (χ4v) is 2.47. The predicted octanol–water partition coefficient (Wildman–Crippen LogP) is 5.18. The van der Waals surface area contributed by atoms with Crippen LogP contribution in [0.4, 0.5) is 0 Å². The van der Waals surface area contributed by atoms with Gasteiger partial charge in [0.2, 0.25) is 11.8 Å². The third-order valence-electron chi connectivity index (χ3n) is 3.28. The van der Waals surface area contributed by atoms with Crippen molar-refractivity contribution in [3.05, 3.63) is 64.0 Å². The first-order chi connectivity index (χ1) is 11.2. The zero-order valence-electron chi connectivity index (χ0n) is 12.4. The van der Waals surface area contributed by atoms with Gasteiger partial charge in [-0.2, -0.15) is 0 Å². The van der Waals surface area contributed by atoms with E-state index in [9.17, 15) is 0 Å². The normalized spacial score (nSPS) is 10.7. The lowest BCUT2D eigenvalue weighted by Gasteiger charge is -2.08. The van der Waals surface area contributed by atoms with E-state index >= 15 is 0 Å². The van der Waals surface area contributed by atoms with Gasteiger partial charge in [0.05, 0.1) is 0 Å². The van der Waals surface area contributed by atoms with Crippen LogP contribution in [0.15, 0.2) is 46.9 Å². The van der Waals surface area contributed by atoms with Gasteiger partial charge in [0.15, 0.2) is 0 Å². The third-order valence-corrected chi connectivity index (χ3v) is 3.87. The van der Waals surface area contributed by atoms with Crippen molar-refractivity contribution >= 4 is 23.2 Å². The van der Waals surface area contributed by atoms with Crippen LogP contribution in [-0.2, 0) is 13.0 Å². The van der Waals surface area contributed by atoms with E-state index in [2.05, 4.69) is 10.2 Å². The molecule has 2 aromatic carbocycles. The SMILES string of the molecule is CCc1nnc(-c2ccc(OCc3ccc(Cl)cc3Cl)cc2)o1. The van der Waals surface area contributed by atoms with Crippen LogP contribution < -0.4 is 4.74 Å². The third kappa shape index (κ3) is 3.84. The second-order valence-corrected chi connectivity index (χ2v) is 5.75. The summed E-state index contributed by atoms with van der Waals surface area (Å²) in [6.07, 6.45) is 0.718. The Bertz CT molecular complexity index is 801. The van der Waals surface area contributed by atoms with E-state index in [1.54, 1.807) is 12.1 Å². The number of hydrogen-bond acceptors (Lipinski definition) is 4. The predicted molar refractivity (Wildman–Crippen MR) is 89.9 cm³/mol. The molecule has 118 valence electrons. The fraction of sp³-hybridized carbons (Fsp3) is 0.176. The van der Waals surface area contributed by atoms with Crippen LogP contribution in [0.2, 0.25) is 10.0 Å². The Balaban J connectivity index is 1.67. The molecule has 0 aliphatic carbocycles. The molecule has 0 spiro atoms. The topological polar surface area (TPSA) is 48.2 Å². The quantitative estimate of drug-likeness (QED) is 0.636. The van der Waals surface area contributed by atoms with Crippen molar-refractivity contribution in [1.82, 2.24) is 10.2 Å². The highest BCUT2D eigenvalue weighted by Gasteiger charge is 2.08. The molecule has 3 rings (SSSR count). The standard InChI is InChI=1S/C17H14Cl2N2O2/c1-2-16-20-21-17(23-16)11-4-7-14(8-5-11)22-10-12-3-6-13(18)9-15(12)19/h3-9H,2,10H2,1H3. The molecule has 0 fully saturated rings. The molecule has 0 radical (unpaired) electrons. The lowest BCUT2D eigenvalue weighted by atomic mass is 10.2. The summed E-state index contributed by atoms with van der Waals surface area (Å²) in [5.74, 6) is 1.86. The van der Waals surface area contributed by atoms with E-state index in [4.69, 9.17) is 32.4 Å². The van der Waals surface area contributed by atoms with Gasteiger partial charge in [-0.25, -0.2) is 0 Å². The average molecular weight is 349 g/mol. The maximum Gasteiger partial charge on any atom is 0.247 e. The van der Waals surface area contributed by atoms with Gasteiger partial charge in [0, 0.05) is 27.6 Å². The summed E-state index contributed by atoms with van der Waals surface area (Å²) in [7, 11) is 0. The number of aromatic nitrogens is 2. The molecule has 1 heterocycles. The van der Waals surface area contributed by atoms with Gasteiger partial charge >= 0.3 is 0 Å². The van der Waals surface area contributed by atoms with E-state index in [0.29, 0.717) is 28.4 Å². The summed E-state index contributed by atoms with van der Waals surface area (Å²) >= 11 is 12.0. The second kappa shape index (κ2) is 7.02. The maximum absolute atomic E-state index is 6.13. The van der Waals surface area contributed by atoms with Crippen molar-refractivity contribution in [2.24, 2.45) is 0 Å². The Hall–Kier alpha value is -2.04. The molecule has 0 unspecified atom stereocenters. The summed E-state index contributed by atoms with van der Waals surface area (Å²) in [6, 6.07) is 12.8. The molecule has 3 aromatic rings.